The summed E-state index contributed by atoms with van der Waals surface area (Å²) in [6.45, 7) is 3.49. The number of nitrogens with zero attached hydrogens (tertiary/aromatic N) is 4. The van der Waals surface area contributed by atoms with Gasteiger partial charge in [0.05, 0.1) is 16.6 Å². The Balaban J connectivity index is 1.51. The van der Waals surface area contributed by atoms with Crippen LogP contribution in [0.15, 0.2) is 36.0 Å². The highest BCUT2D eigenvalue weighted by Gasteiger charge is 2.27. The van der Waals surface area contributed by atoms with Crippen molar-refractivity contribution in [2.24, 2.45) is 0 Å². The fraction of sp³-hybridized carbons (Fsp3) is 0.353. The van der Waals surface area contributed by atoms with Crippen LogP contribution in [0, 0.1) is 6.92 Å². The lowest BCUT2D eigenvalue weighted by Crippen LogP contribution is -2.41. The van der Waals surface area contributed by atoms with Gasteiger partial charge >= 0.3 is 0 Å². The highest BCUT2D eigenvalue weighted by Crippen LogP contribution is 2.26. The molecule has 4 heterocycles. The molecule has 7 heteroatoms. The molecule has 0 spiro atoms. The molecule has 24 heavy (non-hydrogen) atoms. The summed E-state index contributed by atoms with van der Waals surface area (Å²) < 4.78 is 2.17. The SMILES string of the molecule is Cc1nccn1[C@H]1CCCN(C(=O)c2cc(-c3cccs3)[nH]n2)C1. The van der Waals surface area contributed by atoms with Crippen molar-refractivity contribution in [1.29, 1.82) is 0 Å². The van der Waals surface area contributed by atoms with E-state index in [1.165, 1.54) is 0 Å². The molecule has 0 bridgehead atoms. The van der Waals surface area contributed by atoms with Crippen LogP contribution in [-0.2, 0) is 0 Å². The Hall–Kier alpha value is -2.41. The number of hydrogen-bond donors (Lipinski definition) is 1. The van der Waals surface area contributed by atoms with E-state index in [1.54, 1.807) is 11.3 Å². The van der Waals surface area contributed by atoms with Crippen LogP contribution in [0.25, 0.3) is 10.6 Å². The second-order valence-electron chi connectivity index (χ2n) is 6.07. The summed E-state index contributed by atoms with van der Waals surface area (Å²) in [5.41, 5.74) is 1.38. The molecule has 0 saturated carbocycles. The second kappa shape index (κ2) is 6.24. The number of likely N-dealkylation sites (tertiary alicyclic amines) is 1. The normalized spacial score (nSPS) is 18.0. The number of carbonyl (C=O) groups excluding carboxylic acids is 1. The summed E-state index contributed by atoms with van der Waals surface area (Å²) in [5, 5.41) is 9.21. The summed E-state index contributed by atoms with van der Waals surface area (Å²) in [6, 6.07) is 6.15. The number of H-pyrrole nitrogens is 1. The third-order valence-corrected chi connectivity index (χ3v) is 5.43. The molecule has 1 fully saturated rings. The van der Waals surface area contributed by atoms with E-state index in [9.17, 15) is 4.79 Å². The number of aromatic amines is 1. The summed E-state index contributed by atoms with van der Waals surface area (Å²) in [4.78, 5) is 20.1. The Morgan fingerprint density at radius 3 is 3.12 bits per heavy atom. The van der Waals surface area contributed by atoms with Gasteiger partial charge in [-0.15, -0.1) is 11.3 Å². The Kier molecular flexibility index (Phi) is 3.93. The van der Waals surface area contributed by atoms with Crippen molar-refractivity contribution >= 4 is 17.2 Å². The third kappa shape index (κ3) is 2.75. The first-order valence-corrected chi connectivity index (χ1v) is 8.98. The molecule has 124 valence electrons. The van der Waals surface area contributed by atoms with Crippen LogP contribution in [-0.4, -0.2) is 43.6 Å². The maximum atomic E-state index is 12.8. The number of aromatic nitrogens is 4. The lowest BCUT2D eigenvalue weighted by atomic mass is 10.0. The second-order valence-corrected chi connectivity index (χ2v) is 7.02. The highest BCUT2D eigenvalue weighted by molar-refractivity contribution is 7.13. The van der Waals surface area contributed by atoms with Crippen molar-refractivity contribution < 1.29 is 4.79 Å². The van der Waals surface area contributed by atoms with Crippen molar-refractivity contribution in [3.8, 4) is 10.6 Å². The Morgan fingerprint density at radius 2 is 2.38 bits per heavy atom. The van der Waals surface area contributed by atoms with Crippen LogP contribution >= 0.6 is 11.3 Å². The fourth-order valence-corrected chi connectivity index (χ4v) is 3.98. The quantitative estimate of drug-likeness (QED) is 0.796. The predicted molar refractivity (Wildman–Crippen MR) is 93.0 cm³/mol. The number of thiophene rings is 1. The molecule has 0 aliphatic carbocycles. The van der Waals surface area contributed by atoms with E-state index in [0.717, 1.165) is 35.8 Å². The Bertz CT molecular complexity index is 835. The summed E-state index contributed by atoms with van der Waals surface area (Å²) in [5.74, 6) is 0.991. The molecule has 6 nitrogen and oxygen atoms in total. The molecular weight excluding hydrogens is 322 g/mol. The number of piperidine rings is 1. The van der Waals surface area contributed by atoms with Crippen molar-refractivity contribution in [3.63, 3.8) is 0 Å². The van der Waals surface area contributed by atoms with Gasteiger partial charge in [-0.25, -0.2) is 4.98 Å². The standard InChI is InChI=1S/C17H19N5OS/c1-12-18-6-8-22(12)13-4-2-7-21(11-13)17(23)15-10-14(19-20-15)16-5-3-9-24-16/h3,5-6,8-10,13H,2,4,7,11H2,1H3,(H,19,20)/t13-/m0/s1. The molecule has 1 aliphatic rings. The number of carbonyl (C=O) groups is 1. The zero-order valence-corrected chi connectivity index (χ0v) is 14.3. The van der Waals surface area contributed by atoms with E-state index in [1.807, 2.05) is 47.8 Å². The number of imidazole rings is 1. The lowest BCUT2D eigenvalue weighted by Gasteiger charge is -2.33. The molecule has 0 unspecified atom stereocenters. The maximum Gasteiger partial charge on any atom is 0.274 e. The van der Waals surface area contributed by atoms with Gasteiger partial charge in [-0.05, 0) is 37.3 Å². The molecule has 0 aromatic carbocycles. The zero-order chi connectivity index (χ0) is 16.5. The fourth-order valence-electron chi connectivity index (χ4n) is 3.29. The average Bonchev–Trinajstić information content (AvgIpc) is 3.35. The molecule has 3 aromatic heterocycles. The minimum absolute atomic E-state index is 0.00322. The summed E-state index contributed by atoms with van der Waals surface area (Å²) in [7, 11) is 0. The van der Waals surface area contributed by atoms with Gasteiger partial charge in [-0.3, -0.25) is 9.89 Å². The number of aryl methyl sites for hydroxylation is 1. The van der Waals surface area contributed by atoms with Crippen LogP contribution < -0.4 is 0 Å². The van der Waals surface area contributed by atoms with Crippen LogP contribution in [0.5, 0.6) is 0 Å². The first kappa shape index (κ1) is 15.1. The van der Waals surface area contributed by atoms with Crippen LogP contribution in [0.4, 0.5) is 0 Å². The van der Waals surface area contributed by atoms with Gasteiger partial charge < -0.3 is 9.47 Å². The minimum Gasteiger partial charge on any atom is -0.335 e. The molecule has 1 saturated heterocycles. The van der Waals surface area contributed by atoms with E-state index in [2.05, 4.69) is 19.7 Å². The lowest BCUT2D eigenvalue weighted by molar-refractivity contribution is 0.0672. The van der Waals surface area contributed by atoms with Gasteiger partial charge in [-0.1, -0.05) is 6.07 Å². The van der Waals surface area contributed by atoms with Crippen LogP contribution in [0.2, 0.25) is 0 Å². The highest BCUT2D eigenvalue weighted by atomic mass is 32.1. The van der Waals surface area contributed by atoms with Crippen molar-refractivity contribution in [2.75, 3.05) is 13.1 Å². The van der Waals surface area contributed by atoms with E-state index < -0.39 is 0 Å². The molecule has 4 rings (SSSR count). The van der Waals surface area contributed by atoms with Crippen molar-refractivity contribution in [1.82, 2.24) is 24.6 Å². The largest absolute Gasteiger partial charge is 0.335 e. The van der Waals surface area contributed by atoms with Crippen LogP contribution in [0.3, 0.4) is 0 Å². The third-order valence-electron chi connectivity index (χ3n) is 4.52. The first-order valence-electron chi connectivity index (χ1n) is 8.10. The number of hydrogen-bond acceptors (Lipinski definition) is 4. The van der Waals surface area contributed by atoms with E-state index in [-0.39, 0.29) is 5.91 Å². The van der Waals surface area contributed by atoms with E-state index in [0.29, 0.717) is 18.3 Å². The first-order chi connectivity index (χ1) is 11.7. The molecule has 3 aromatic rings. The topological polar surface area (TPSA) is 66.8 Å². The van der Waals surface area contributed by atoms with Gasteiger partial charge in [0.2, 0.25) is 0 Å². The Labute approximate surface area is 144 Å². The maximum absolute atomic E-state index is 12.8. The number of rotatable bonds is 3. The van der Waals surface area contributed by atoms with Gasteiger partial charge in [0.25, 0.3) is 5.91 Å². The zero-order valence-electron chi connectivity index (χ0n) is 13.5. The molecule has 1 aliphatic heterocycles. The van der Waals surface area contributed by atoms with Crippen molar-refractivity contribution in [2.45, 2.75) is 25.8 Å². The van der Waals surface area contributed by atoms with Gasteiger partial charge in [0.1, 0.15) is 5.82 Å². The smallest absolute Gasteiger partial charge is 0.274 e. The molecule has 1 N–H and O–H groups in total. The average molecular weight is 341 g/mol. The predicted octanol–water partition coefficient (Wildman–Crippen LogP) is 3.12. The monoisotopic (exact) mass is 341 g/mol. The molecule has 1 amide bonds. The summed E-state index contributed by atoms with van der Waals surface area (Å²) >= 11 is 1.63. The minimum atomic E-state index is -0.00322. The van der Waals surface area contributed by atoms with Crippen LogP contribution in [0.1, 0.15) is 35.2 Å². The molecule has 1 atom stereocenters. The molecule has 0 radical (unpaired) electrons. The van der Waals surface area contributed by atoms with E-state index in [4.69, 9.17) is 0 Å². The molecular formula is C17H19N5OS. The van der Waals surface area contributed by atoms with E-state index >= 15 is 0 Å². The van der Waals surface area contributed by atoms with Gasteiger partial charge in [-0.2, -0.15) is 5.10 Å². The number of amides is 1. The van der Waals surface area contributed by atoms with Gasteiger partial charge in [0, 0.05) is 25.5 Å². The number of nitrogens with one attached hydrogen (secondary N) is 1. The Morgan fingerprint density at radius 1 is 1.46 bits per heavy atom. The van der Waals surface area contributed by atoms with Gasteiger partial charge in [0.15, 0.2) is 5.69 Å². The summed E-state index contributed by atoms with van der Waals surface area (Å²) in [6.07, 6.45) is 5.88. The van der Waals surface area contributed by atoms with Crippen molar-refractivity contribution in [3.05, 3.63) is 47.5 Å².